The van der Waals surface area contributed by atoms with Crippen LogP contribution in [-0.2, 0) is 0 Å². The Bertz CT molecular complexity index is 1370. The Labute approximate surface area is 246 Å². The first-order valence-corrected chi connectivity index (χ1v) is 14.7. The molecule has 220 valence electrons. The molecule has 0 saturated carbocycles. The van der Waals surface area contributed by atoms with Gasteiger partial charge in [-0.25, -0.2) is 4.98 Å². The molecular weight excluding hydrogens is 574 g/mol. The van der Waals surface area contributed by atoms with Gasteiger partial charge in [0.05, 0.1) is 17.6 Å². The Hall–Kier alpha value is -3.26. The molecular formula is C27H33ClF2N8O2S. The molecule has 4 N–H and O–H groups in total. The number of nitrogens with one attached hydrogen (secondary N) is 2. The third kappa shape index (κ3) is 6.97. The van der Waals surface area contributed by atoms with Gasteiger partial charge < -0.3 is 30.9 Å². The summed E-state index contributed by atoms with van der Waals surface area (Å²) in [5.74, 6) is -0.287. The number of amides is 1. The Morgan fingerprint density at radius 1 is 1.17 bits per heavy atom. The van der Waals surface area contributed by atoms with Gasteiger partial charge in [0.2, 0.25) is 5.95 Å². The van der Waals surface area contributed by atoms with Crippen LogP contribution in [0.2, 0.25) is 5.02 Å². The van der Waals surface area contributed by atoms with E-state index < -0.39 is 12.5 Å². The first kappa shape index (κ1) is 29.2. The fourth-order valence-corrected chi connectivity index (χ4v) is 6.10. The Morgan fingerprint density at radius 3 is 2.66 bits per heavy atom. The van der Waals surface area contributed by atoms with Gasteiger partial charge >= 0.3 is 6.61 Å². The number of primary amides is 1. The summed E-state index contributed by atoms with van der Waals surface area (Å²) in [7, 11) is 2.17. The number of alkyl halides is 2. The molecule has 5 rings (SSSR count). The minimum absolute atomic E-state index is 0.0191. The Morgan fingerprint density at radius 2 is 1.95 bits per heavy atom. The molecule has 10 nitrogen and oxygen atoms in total. The first-order valence-electron chi connectivity index (χ1n) is 13.4. The molecule has 2 fully saturated rings. The van der Waals surface area contributed by atoms with Crippen molar-refractivity contribution in [3.8, 4) is 5.75 Å². The molecule has 2 aliphatic heterocycles. The van der Waals surface area contributed by atoms with E-state index in [2.05, 4.69) is 49.3 Å². The minimum Gasteiger partial charge on any atom is -0.433 e. The number of hydrogen-bond acceptors (Lipinski definition) is 10. The predicted molar refractivity (Wildman–Crippen MR) is 158 cm³/mol. The van der Waals surface area contributed by atoms with Gasteiger partial charge in [-0.2, -0.15) is 13.8 Å². The maximum atomic E-state index is 13.4. The molecule has 1 amide bonds. The number of nitrogens with two attached hydrogens (primary N) is 1. The molecule has 0 radical (unpaired) electrons. The molecule has 14 heteroatoms. The fraction of sp³-hybridized carbons (Fsp3) is 0.444. The van der Waals surface area contributed by atoms with Crippen LogP contribution in [0.4, 0.5) is 37.6 Å². The molecule has 0 spiro atoms. The number of carbonyl (C=O) groups excluding carboxylic acids is 1. The van der Waals surface area contributed by atoms with Crippen molar-refractivity contribution in [1.29, 1.82) is 0 Å². The van der Waals surface area contributed by atoms with Crippen LogP contribution in [0.25, 0.3) is 0 Å². The lowest BCUT2D eigenvalue weighted by Crippen LogP contribution is -2.55. The molecule has 2 aromatic heterocycles. The first-order chi connectivity index (χ1) is 19.7. The van der Waals surface area contributed by atoms with Gasteiger partial charge in [-0.1, -0.05) is 11.6 Å². The second kappa shape index (κ2) is 12.7. The molecule has 4 heterocycles. The van der Waals surface area contributed by atoms with Crippen LogP contribution in [-0.4, -0.2) is 84.1 Å². The lowest BCUT2D eigenvalue weighted by Gasteiger charge is -2.45. The van der Waals surface area contributed by atoms with Gasteiger partial charge in [-0.05, 0) is 50.4 Å². The number of halogens is 3. The summed E-state index contributed by atoms with van der Waals surface area (Å²) in [5, 5.41) is 7.84. The van der Waals surface area contributed by atoms with E-state index in [4.69, 9.17) is 22.1 Å². The van der Waals surface area contributed by atoms with E-state index >= 15 is 0 Å². The molecule has 3 aromatic rings. The van der Waals surface area contributed by atoms with Crippen molar-refractivity contribution in [3.05, 3.63) is 45.7 Å². The van der Waals surface area contributed by atoms with Crippen LogP contribution in [0, 0.1) is 0 Å². The monoisotopic (exact) mass is 606 g/mol. The Kier molecular flexibility index (Phi) is 9.07. The highest BCUT2D eigenvalue weighted by atomic mass is 35.5. The number of carbonyl (C=O) groups is 1. The molecule has 2 saturated heterocycles. The number of likely N-dealkylation sites (N-methyl/N-ethyl adjacent to an activating group) is 1. The molecule has 0 aliphatic carbocycles. The maximum Gasteiger partial charge on any atom is 0.387 e. The van der Waals surface area contributed by atoms with Crippen LogP contribution in [0.3, 0.4) is 0 Å². The van der Waals surface area contributed by atoms with E-state index in [9.17, 15) is 13.6 Å². The van der Waals surface area contributed by atoms with Crippen LogP contribution in [0.1, 0.15) is 29.4 Å². The van der Waals surface area contributed by atoms with Gasteiger partial charge in [0.15, 0.2) is 11.6 Å². The lowest BCUT2D eigenvalue weighted by atomic mass is 10.0. The number of benzene rings is 1. The van der Waals surface area contributed by atoms with E-state index in [0.29, 0.717) is 22.6 Å². The molecule has 1 atom stereocenters. The number of nitrogens with zero attached hydrogens (tertiary/aromatic N) is 5. The van der Waals surface area contributed by atoms with Crippen molar-refractivity contribution in [2.75, 3.05) is 55.3 Å². The second-order valence-electron chi connectivity index (χ2n) is 10.3. The number of hydrogen-bond donors (Lipinski definition) is 3. The molecule has 1 unspecified atom stereocenters. The third-order valence-electron chi connectivity index (χ3n) is 7.65. The van der Waals surface area contributed by atoms with Crippen LogP contribution in [0.15, 0.2) is 35.8 Å². The van der Waals surface area contributed by atoms with E-state index in [1.54, 1.807) is 23.6 Å². The number of ether oxygens (including phenoxy) is 1. The van der Waals surface area contributed by atoms with E-state index in [0.717, 1.165) is 51.3 Å². The fourth-order valence-electron chi connectivity index (χ4n) is 5.26. The maximum absolute atomic E-state index is 13.4. The van der Waals surface area contributed by atoms with Gasteiger partial charge in [0, 0.05) is 56.6 Å². The number of piperidine rings is 1. The van der Waals surface area contributed by atoms with Gasteiger partial charge in [-0.15, -0.1) is 11.3 Å². The van der Waals surface area contributed by atoms with Crippen molar-refractivity contribution >= 4 is 57.7 Å². The number of anilines is 5. The number of rotatable bonds is 9. The normalized spacial score (nSPS) is 19.0. The molecule has 2 aliphatic rings. The average molecular weight is 607 g/mol. The summed E-state index contributed by atoms with van der Waals surface area (Å²) in [5.41, 5.74) is 6.96. The summed E-state index contributed by atoms with van der Waals surface area (Å²) in [6, 6.07) is 7.91. The summed E-state index contributed by atoms with van der Waals surface area (Å²) in [6.07, 6.45) is 3.39. The molecule has 1 aromatic carbocycles. The highest BCUT2D eigenvalue weighted by Crippen LogP contribution is 2.35. The van der Waals surface area contributed by atoms with Crippen LogP contribution >= 0.6 is 22.9 Å². The molecule has 41 heavy (non-hydrogen) atoms. The zero-order valence-electron chi connectivity index (χ0n) is 22.8. The summed E-state index contributed by atoms with van der Waals surface area (Å²) >= 11 is 7.45. The van der Waals surface area contributed by atoms with Crippen LogP contribution in [0.5, 0.6) is 5.75 Å². The summed E-state index contributed by atoms with van der Waals surface area (Å²) < 4.78 is 31.7. The smallest absolute Gasteiger partial charge is 0.387 e. The van der Waals surface area contributed by atoms with E-state index in [1.807, 2.05) is 6.07 Å². The van der Waals surface area contributed by atoms with Crippen molar-refractivity contribution < 1.29 is 18.3 Å². The standard InChI is InChI=1S/C27H33ClF2N8O2S/c1-16-15-38(11-10-36(16)2)17-5-8-37(9-6-17)18-3-4-20(22(13-18)40-26(29)30)34-27-32-14-19(28)25(35-27)33-21-7-12-41-23(21)24(31)39/h3-4,7,12-14,16-17,26H,5-6,8-11,15H2,1-2H3,(H2,31,39)(H2,32,33,34,35). The van der Waals surface area contributed by atoms with Crippen molar-refractivity contribution in [3.63, 3.8) is 0 Å². The summed E-state index contributed by atoms with van der Waals surface area (Å²) in [4.78, 5) is 27.7. The average Bonchev–Trinajstić information content (AvgIpc) is 3.41. The number of aromatic nitrogens is 2. The van der Waals surface area contributed by atoms with E-state index in [1.165, 1.54) is 17.5 Å². The van der Waals surface area contributed by atoms with Gasteiger partial charge in [0.1, 0.15) is 9.90 Å². The zero-order valence-corrected chi connectivity index (χ0v) is 24.4. The van der Waals surface area contributed by atoms with Crippen LogP contribution < -0.4 is 26.0 Å². The van der Waals surface area contributed by atoms with Gasteiger partial charge in [-0.3, -0.25) is 9.69 Å². The zero-order chi connectivity index (χ0) is 29.1. The quantitative estimate of drug-likeness (QED) is 0.310. The number of piperazine rings is 1. The second-order valence-corrected chi connectivity index (χ2v) is 11.6. The van der Waals surface area contributed by atoms with Gasteiger partial charge in [0.25, 0.3) is 5.91 Å². The lowest BCUT2D eigenvalue weighted by molar-refractivity contribution is -0.0493. The SMILES string of the molecule is CC1CN(C2CCN(c3ccc(Nc4ncc(Cl)c(Nc5ccsc5C(N)=O)n4)c(OC(F)F)c3)CC2)CCN1C. The van der Waals surface area contributed by atoms with E-state index in [-0.39, 0.29) is 28.2 Å². The number of thiophene rings is 1. The largest absolute Gasteiger partial charge is 0.433 e. The minimum atomic E-state index is -3.01. The van der Waals surface area contributed by atoms with Crippen molar-refractivity contribution in [2.45, 2.75) is 38.5 Å². The topological polar surface area (TPSA) is 112 Å². The third-order valence-corrected chi connectivity index (χ3v) is 8.86. The van der Waals surface area contributed by atoms with Crippen molar-refractivity contribution in [2.24, 2.45) is 5.73 Å². The Balaban J connectivity index is 1.29. The summed E-state index contributed by atoms with van der Waals surface area (Å²) in [6.45, 7) is 4.12. The predicted octanol–water partition coefficient (Wildman–Crippen LogP) is 4.98. The van der Waals surface area contributed by atoms with Crippen molar-refractivity contribution in [1.82, 2.24) is 19.8 Å². The highest BCUT2D eigenvalue weighted by molar-refractivity contribution is 7.12. The highest BCUT2D eigenvalue weighted by Gasteiger charge is 2.29. The molecule has 0 bridgehead atoms.